The predicted octanol–water partition coefficient (Wildman–Crippen LogP) is 2.60. The van der Waals surface area contributed by atoms with Crippen molar-refractivity contribution < 1.29 is 9.47 Å². The van der Waals surface area contributed by atoms with Crippen molar-refractivity contribution in [3.8, 4) is 0 Å². The normalized spacial score (nSPS) is 35.0. The maximum atomic E-state index is 5.80. The van der Waals surface area contributed by atoms with Gasteiger partial charge in [-0.2, -0.15) is 0 Å². The molecule has 1 aliphatic rings. The standard InChI is InChI=1S/C9H17IO2/c1-4-8-7(5-10)6-11-9(2,3)12-8/h7-8H,4-6H2,1-3H3. The van der Waals surface area contributed by atoms with Gasteiger partial charge in [-0.1, -0.05) is 29.5 Å². The molecule has 1 saturated heterocycles. The molecule has 0 aromatic heterocycles. The molecule has 0 bridgehead atoms. The fourth-order valence-corrected chi connectivity index (χ4v) is 2.29. The minimum atomic E-state index is -0.372. The summed E-state index contributed by atoms with van der Waals surface area (Å²) in [7, 11) is 0. The van der Waals surface area contributed by atoms with E-state index in [-0.39, 0.29) is 5.79 Å². The Hall–Kier alpha value is 0.650. The third-order valence-corrected chi connectivity index (χ3v) is 3.34. The van der Waals surface area contributed by atoms with Gasteiger partial charge in [-0.3, -0.25) is 0 Å². The van der Waals surface area contributed by atoms with Crippen LogP contribution in [0.2, 0.25) is 0 Å². The van der Waals surface area contributed by atoms with Gasteiger partial charge in [0.05, 0.1) is 12.7 Å². The Morgan fingerprint density at radius 3 is 2.67 bits per heavy atom. The maximum absolute atomic E-state index is 5.80. The van der Waals surface area contributed by atoms with Crippen molar-refractivity contribution in [2.75, 3.05) is 11.0 Å². The second-order valence-corrected chi connectivity index (χ2v) is 4.57. The number of hydrogen-bond donors (Lipinski definition) is 0. The zero-order valence-electron chi connectivity index (χ0n) is 7.97. The van der Waals surface area contributed by atoms with Crippen LogP contribution in [0.1, 0.15) is 27.2 Å². The van der Waals surface area contributed by atoms with Gasteiger partial charge in [0.25, 0.3) is 0 Å². The van der Waals surface area contributed by atoms with Crippen LogP contribution in [-0.2, 0) is 9.47 Å². The highest BCUT2D eigenvalue weighted by Gasteiger charge is 2.34. The number of halogens is 1. The van der Waals surface area contributed by atoms with Crippen molar-refractivity contribution in [3.63, 3.8) is 0 Å². The minimum Gasteiger partial charge on any atom is -0.350 e. The summed E-state index contributed by atoms with van der Waals surface area (Å²) >= 11 is 2.40. The first-order chi connectivity index (χ1) is 5.59. The van der Waals surface area contributed by atoms with Gasteiger partial charge in [0, 0.05) is 10.3 Å². The lowest BCUT2D eigenvalue weighted by atomic mass is 10.0. The van der Waals surface area contributed by atoms with Gasteiger partial charge in [0.2, 0.25) is 0 Å². The van der Waals surface area contributed by atoms with E-state index >= 15 is 0 Å². The molecule has 3 heteroatoms. The number of alkyl halides is 1. The maximum Gasteiger partial charge on any atom is 0.163 e. The molecule has 2 nitrogen and oxygen atoms in total. The van der Waals surface area contributed by atoms with E-state index in [4.69, 9.17) is 9.47 Å². The average molecular weight is 284 g/mol. The molecule has 72 valence electrons. The van der Waals surface area contributed by atoms with Crippen molar-refractivity contribution in [2.24, 2.45) is 5.92 Å². The van der Waals surface area contributed by atoms with Crippen LogP contribution >= 0.6 is 22.6 Å². The molecule has 0 aromatic carbocycles. The summed E-state index contributed by atoms with van der Waals surface area (Å²) in [5, 5.41) is 0. The van der Waals surface area contributed by atoms with Crippen LogP contribution in [0.25, 0.3) is 0 Å². The van der Waals surface area contributed by atoms with Gasteiger partial charge in [-0.25, -0.2) is 0 Å². The van der Waals surface area contributed by atoms with Crippen molar-refractivity contribution in [1.82, 2.24) is 0 Å². The van der Waals surface area contributed by atoms with E-state index in [2.05, 4.69) is 29.5 Å². The molecule has 0 aliphatic carbocycles. The lowest BCUT2D eigenvalue weighted by molar-refractivity contribution is -0.289. The van der Waals surface area contributed by atoms with Gasteiger partial charge in [-0.15, -0.1) is 0 Å². The van der Waals surface area contributed by atoms with Crippen molar-refractivity contribution >= 4 is 22.6 Å². The summed E-state index contributed by atoms with van der Waals surface area (Å²) in [4.78, 5) is 0. The second kappa shape index (κ2) is 4.24. The highest BCUT2D eigenvalue weighted by Crippen LogP contribution is 2.28. The van der Waals surface area contributed by atoms with E-state index < -0.39 is 0 Å². The number of hydrogen-bond acceptors (Lipinski definition) is 2. The van der Waals surface area contributed by atoms with Crippen molar-refractivity contribution in [3.05, 3.63) is 0 Å². The van der Waals surface area contributed by atoms with Crippen LogP contribution in [-0.4, -0.2) is 22.9 Å². The van der Waals surface area contributed by atoms with Crippen LogP contribution in [0.4, 0.5) is 0 Å². The molecule has 1 aliphatic heterocycles. The molecule has 0 aromatic rings. The summed E-state index contributed by atoms with van der Waals surface area (Å²) < 4.78 is 12.5. The molecule has 0 N–H and O–H groups in total. The molecule has 0 saturated carbocycles. The summed E-state index contributed by atoms with van der Waals surface area (Å²) in [5.74, 6) is 0.201. The molecule has 1 fully saturated rings. The second-order valence-electron chi connectivity index (χ2n) is 3.69. The van der Waals surface area contributed by atoms with Crippen LogP contribution in [0.3, 0.4) is 0 Å². The van der Waals surface area contributed by atoms with E-state index in [1.807, 2.05) is 13.8 Å². The molecule has 12 heavy (non-hydrogen) atoms. The first kappa shape index (κ1) is 10.7. The fraction of sp³-hybridized carbons (Fsp3) is 1.00. The van der Waals surface area contributed by atoms with E-state index in [0.717, 1.165) is 17.5 Å². The zero-order chi connectivity index (χ0) is 9.19. The molecule has 2 unspecified atom stereocenters. The number of ether oxygens (including phenoxy) is 2. The molecular weight excluding hydrogens is 267 g/mol. The van der Waals surface area contributed by atoms with Crippen LogP contribution in [0.5, 0.6) is 0 Å². The highest BCUT2D eigenvalue weighted by molar-refractivity contribution is 14.1. The van der Waals surface area contributed by atoms with Crippen LogP contribution in [0.15, 0.2) is 0 Å². The average Bonchev–Trinajstić information content (AvgIpc) is 2.03. The quantitative estimate of drug-likeness (QED) is 0.573. The third kappa shape index (κ3) is 2.57. The molecular formula is C9H17IO2. The Kier molecular flexibility index (Phi) is 3.79. The first-order valence-corrected chi connectivity index (χ1v) is 5.99. The first-order valence-electron chi connectivity index (χ1n) is 4.47. The van der Waals surface area contributed by atoms with Gasteiger partial charge < -0.3 is 9.47 Å². The summed E-state index contributed by atoms with van der Waals surface area (Å²) in [6.07, 6.45) is 1.46. The van der Waals surface area contributed by atoms with Crippen molar-refractivity contribution in [2.45, 2.75) is 39.1 Å². The largest absolute Gasteiger partial charge is 0.350 e. The van der Waals surface area contributed by atoms with Gasteiger partial charge in [-0.05, 0) is 20.3 Å². The minimum absolute atomic E-state index is 0.372. The Morgan fingerprint density at radius 2 is 2.17 bits per heavy atom. The highest BCUT2D eigenvalue weighted by atomic mass is 127. The third-order valence-electron chi connectivity index (χ3n) is 2.21. The molecule has 0 amide bonds. The lowest BCUT2D eigenvalue weighted by Crippen LogP contribution is -2.45. The SMILES string of the molecule is CCC1OC(C)(C)OCC1CI. The Balaban J connectivity index is 2.53. The van der Waals surface area contributed by atoms with Gasteiger partial charge in [0.15, 0.2) is 5.79 Å². The molecule has 2 atom stereocenters. The van der Waals surface area contributed by atoms with E-state index in [9.17, 15) is 0 Å². The lowest BCUT2D eigenvalue weighted by Gasteiger charge is -2.40. The van der Waals surface area contributed by atoms with E-state index in [1.54, 1.807) is 0 Å². The molecule has 0 spiro atoms. The van der Waals surface area contributed by atoms with E-state index in [1.165, 1.54) is 0 Å². The topological polar surface area (TPSA) is 18.5 Å². The monoisotopic (exact) mass is 284 g/mol. The van der Waals surface area contributed by atoms with Crippen LogP contribution in [0, 0.1) is 5.92 Å². The zero-order valence-corrected chi connectivity index (χ0v) is 10.1. The van der Waals surface area contributed by atoms with Crippen molar-refractivity contribution in [1.29, 1.82) is 0 Å². The Labute approximate surface area is 88.1 Å². The van der Waals surface area contributed by atoms with E-state index in [0.29, 0.717) is 12.0 Å². The summed E-state index contributed by atoms with van der Waals surface area (Å²) in [5.41, 5.74) is 0. The smallest absolute Gasteiger partial charge is 0.163 e. The van der Waals surface area contributed by atoms with Gasteiger partial charge in [0.1, 0.15) is 0 Å². The Bertz CT molecular complexity index is 147. The molecule has 0 radical (unpaired) electrons. The molecule has 1 heterocycles. The summed E-state index contributed by atoms with van der Waals surface area (Å²) in [6.45, 7) is 6.98. The summed E-state index contributed by atoms with van der Waals surface area (Å²) in [6, 6.07) is 0. The Morgan fingerprint density at radius 1 is 1.50 bits per heavy atom. The predicted molar refractivity (Wildman–Crippen MR) is 57.6 cm³/mol. The van der Waals surface area contributed by atoms with Gasteiger partial charge >= 0.3 is 0 Å². The fourth-order valence-electron chi connectivity index (χ4n) is 1.47. The number of rotatable bonds is 2. The molecule has 1 rings (SSSR count). The van der Waals surface area contributed by atoms with Crippen LogP contribution < -0.4 is 0 Å².